The van der Waals surface area contributed by atoms with Crippen molar-refractivity contribution in [1.29, 1.82) is 0 Å². The summed E-state index contributed by atoms with van der Waals surface area (Å²) in [6.07, 6.45) is 1.09. The van der Waals surface area contributed by atoms with E-state index in [1.807, 2.05) is 0 Å². The number of H-pyrrole nitrogens is 1. The highest BCUT2D eigenvalue weighted by Crippen LogP contribution is 2.21. The number of hydrogen-bond donors (Lipinski definition) is 1. The van der Waals surface area contributed by atoms with Gasteiger partial charge in [-0.3, -0.25) is 0 Å². The molecule has 0 saturated carbocycles. The molecule has 0 aliphatic heterocycles. The zero-order valence-electron chi connectivity index (χ0n) is 9.37. The summed E-state index contributed by atoms with van der Waals surface area (Å²) < 4.78 is 3.02. The lowest BCUT2D eigenvalue weighted by atomic mass is 10.2. The molecule has 15 heavy (non-hydrogen) atoms. The van der Waals surface area contributed by atoms with Gasteiger partial charge in [0.05, 0.1) is 11.0 Å². The number of imidazole rings is 1. The van der Waals surface area contributed by atoms with Gasteiger partial charge in [-0.15, -0.1) is 0 Å². The van der Waals surface area contributed by atoms with Crippen LogP contribution in [0.1, 0.15) is 31.9 Å². The standard InChI is InChI=1S/C12H16N2S/c1-4-9(3)14-11-6-5-8(2)7-10(11)13-12(14)15/h5-7,9H,4H2,1-3H3,(H,13,15). The lowest BCUT2D eigenvalue weighted by Crippen LogP contribution is -2.03. The first-order valence-corrected chi connectivity index (χ1v) is 5.75. The van der Waals surface area contributed by atoms with Crippen LogP contribution in [-0.2, 0) is 0 Å². The van der Waals surface area contributed by atoms with Crippen LogP contribution in [0.2, 0.25) is 0 Å². The zero-order valence-corrected chi connectivity index (χ0v) is 10.2. The van der Waals surface area contributed by atoms with E-state index in [0.717, 1.165) is 16.7 Å². The smallest absolute Gasteiger partial charge is 0.178 e. The van der Waals surface area contributed by atoms with Crippen LogP contribution < -0.4 is 0 Å². The Labute approximate surface area is 94.9 Å². The third-order valence-corrected chi connectivity index (χ3v) is 3.20. The fourth-order valence-electron chi connectivity index (χ4n) is 1.87. The Morgan fingerprint density at radius 1 is 1.47 bits per heavy atom. The number of aromatic nitrogens is 2. The summed E-state index contributed by atoms with van der Waals surface area (Å²) in [6.45, 7) is 6.47. The summed E-state index contributed by atoms with van der Waals surface area (Å²) in [4.78, 5) is 3.26. The summed E-state index contributed by atoms with van der Waals surface area (Å²) in [5, 5.41) is 0. The van der Waals surface area contributed by atoms with Gasteiger partial charge in [0.25, 0.3) is 0 Å². The van der Waals surface area contributed by atoms with Gasteiger partial charge in [0.1, 0.15) is 0 Å². The second kappa shape index (κ2) is 3.81. The van der Waals surface area contributed by atoms with E-state index in [9.17, 15) is 0 Å². The molecular formula is C12H16N2S. The van der Waals surface area contributed by atoms with Crippen molar-refractivity contribution in [1.82, 2.24) is 9.55 Å². The molecule has 0 radical (unpaired) electrons. The summed E-state index contributed by atoms with van der Waals surface area (Å²) in [5.41, 5.74) is 3.61. The third-order valence-electron chi connectivity index (χ3n) is 2.90. The maximum atomic E-state index is 5.35. The number of fused-ring (bicyclic) bond motifs is 1. The molecule has 0 spiro atoms. The van der Waals surface area contributed by atoms with E-state index in [1.54, 1.807) is 0 Å². The van der Waals surface area contributed by atoms with Crippen LogP contribution in [0.25, 0.3) is 11.0 Å². The van der Waals surface area contributed by atoms with Crippen molar-refractivity contribution in [2.75, 3.05) is 0 Å². The molecule has 1 atom stereocenters. The normalized spacial score (nSPS) is 13.3. The van der Waals surface area contributed by atoms with Gasteiger partial charge in [-0.2, -0.15) is 0 Å². The SMILES string of the molecule is CCC(C)n1c(=S)[nH]c2cc(C)ccc21. The van der Waals surface area contributed by atoms with Crippen molar-refractivity contribution in [3.63, 3.8) is 0 Å². The molecule has 80 valence electrons. The molecule has 0 aliphatic carbocycles. The van der Waals surface area contributed by atoms with Crippen molar-refractivity contribution in [3.8, 4) is 0 Å². The average molecular weight is 220 g/mol. The number of rotatable bonds is 2. The maximum Gasteiger partial charge on any atom is 0.178 e. The second-order valence-electron chi connectivity index (χ2n) is 4.08. The lowest BCUT2D eigenvalue weighted by Gasteiger charge is -2.11. The molecule has 1 N–H and O–H groups in total. The number of benzene rings is 1. The molecule has 0 bridgehead atoms. The van der Waals surface area contributed by atoms with Crippen LogP contribution in [0, 0.1) is 11.7 Å². The van der Waals surface area contributed by atoms with Gasteiger partial charge in [0.2, 0.25) is 0 Å². The first kappa shape index (κ1) is 10.4. The molecule has 2 rings (SSSR count). The van der Waals surface area contributed by atoms with Crippen molar-refractivity contribution < 1.29 is 0 Å². The van der Waals surface area contributed by atoms with E-state index >= 15 is 0 Å². The minimum atomic E-state index is 0.453. The predicted molar refractivity (Wildman–Crippen MR) is 66.9 cm³/mol. The Kier molecular flexibility index (Phi) is 2.65. The number of nitrogens with one attached hydrogen (secondary N) is 1. The summed E-state index contributed by atoms with van der Waals surface area (Å²) in [6, 6.07) is 6.87. The highest BCUT2D eigenvalue weighted by atomic mass is 32.1. The molecule has 0 amide bonds. The minimum Gasteiger partial charge on any atom is -0.331 e. The molecule has 0 saturated heterocycles. The van der Waals surface area contributed by atoms with Crippen LogP contribution in [0.5, 0.6) is 0 Å². The fourth-order valence-corrected chi connectivity index (χ4v) is 2.25. The minimum absolute atomic E-state index is 0.453. The van der Waals surface area contributed by atoms with Gasteiger partial charge < -0.3 is 9.55 Å². The average Bonchev–Trinajstić information content (AvgIpc) is 2.52. The van der Waals surface area contributed by atoms with Gasteiger partial charge in [0.15, 0.2) is 4.77 Å². The molecule has 2 nitrogen and oxygen atoms in total. The molecule has 0 fully saturated rings. The maximum absolute atomic E-state index is 5.35. The van der Waals surface area contributed by atoms with Crippen LogP contribution in [0.3, 0.4) is 0 Å². The Balaban J connectivity index is 2.74. The highest BCUT2D eigenvalue weighted by Gasteiger charge is 2.08. The Morgan fingerprint density at radius 3 is 2.87 bits per heavy atom. The Hall–Kier alpha value is -1.09. The van der Waals surface area contributed by atoms with Crippen LogP contribution in [-0.4, -0.2) is 9.55 Å². The first-order valence-electron chi connectivity index (χ1n) is 5.34. The molecule has 1 heterocycles. The monoisotopic (exact) mass is 220 g/mol. The lowest BCUT2D eigenvalue weighted by molar-refractivity contribution is 0.539. The largest absolute Gasteiger partial charge is 0.331 e. The van der Waals surface area contributed by atoms with Crippen molar-refractivity contribution in [3.05, 3.63) is 28.5 Å². The van der Waals surface area contributed by atoms with Crippen molar-refractivity contribution >= 4 is 23.3 Å². The fraction of sp³-hybridized carbons (Fsp3) is 0.417. The van der Waals surface area contributed by atoms with Crippen molar-refractivity contribution in [2.45, 2.75) is 33.2 Å². The number of nitrogens with zero attached hydrogens (tertiary/aromatic N) is 1. The molecule has 1 unspecified atom stereocenters. The highest BCUT2D eigenvalue weighted by molar-refractivity contribution is 7.71. The quantitative estimate of drug-likeness (QED) is 0.759. The Morgan fingerprint density at radius 2 is 2.20 bits per heavy atom. The van der Waals surface area contributed by atoms with Gasteiger partial charge >= 0.3 is 0 Å². The predicted octanol–water partition coefficient (Wildman–Crippen LogP) is 3.98. The van der Waals surface area contributed by atoms with Gasteiger partial charge in [0, 0.05) is 6.04 Å². The van der Waals surface area contributed by atoms with Crippen LogP contribution in [0.15, 0.2) is 18.2 Å². The van der Waals surface area contributed by atoms with E-state index in [4.69, 9.17) is 12.2 Å². The molecule has 3 heteroatoms. The number of aromatic amines is 1. The van der Waals surface area contributed by atoms with Gasteiger partial charge in [-0.05, 0) is 50.2 Å². The third kappa shape index (κ3) is 1.72. The van der Waals surface area contributed by atoms with E-state index in [0.29, 0.717) is 6.04 Å². The van der Waals surface area contributed by atoms with E-state index in [2.05, 4.69) is 48.5 Å². The Bertz CT molecular complexity index is 536. The summed E-state index contributed by atoms with van der Waals surface area (Å²) in [5.74, 6) is 0. The molecular weight excluding hydrogens is 204 g/mol. The van der Waals surface area contributed by atoms with E-state index in [1.165, 1.54) is 11.1 Å². The number of aryl methyl sites for hydroxylation is 1. The molecule has 1 aromatic carbocycles. The number of hydrogen-bond acceptors (Lipinski definition) is 1. The van der Waals surface area contributed by atoms with Crippen molar-refractivity contribution in [2.24, 2.45) is 0 Å². The van der Waals surface area contributed by atoms with E-state index < -0.39 is 0 Å². The van der Waals surface area contributed by atoms with Gasteiger partial charge in [-0.1, -0.05) is 13.0 Å². The van der Waals surface area contributed by atoms with Crippen LogP contribution >= 0.6 is 12.2 Å². The first-order chi connectivity index (χ1) is 7.13. The van der Waals surface area contributed by atoms with E-state index in [-0.39, 0.29) is 0 Å². The summed E-state index contributed by atoms with van der Waals surface area (Å²) >= 11 is 5.35. The topological polar surface area (TPSA) is 20.7 Å². The summed E-state index contributed by atoms with van der Waals surface area (Å²) in [7, 11) is 0. The van der Waals surface area contributed by atoms with Gasteiger partial charge in [-0.25, -0.2) is 0 Å². The van der Waals surface area contributed by atoms with Crippen LogP contribution in [0.4, 0.5) is 0 Å². The molecule has 1 aromatic heterocycles. The second-order valence-corrected chi connectivity index (χ2v) is 4.46. The molecule has 2 aromatic rings. The molecule has 0 aliphatic rings. The zero-order chi connectivity index (χ0) is 11.0.